The second-order valence-corrected chi connectivity index (χ2v) is 9.60. The molecule has 0 aromatic rings. The van der Waals surface area contributed by atoms with Crippen molar-refractivity contribution < 1.29 is 14.3 Å². The molecular formula is C21H32O3. The molecule has 0 spiro atoms. The van der Waals surface area contributed by atoms with Gasteiger partial charge in [-0.05, 0) is 67.1 Å². The van der Waals surface area contributed by atoms with Crippen LogP contribution in [-0.4, -0.2) is 25.3 Å². The van der Waals surface area contributed by atoms with Crippen LogP contribution in [0.15, 0.2) is 0 Å². The van der Waals surface area contributed by atoms with Crippen LogP contribution < -0.4 is 0 Å². The molecule has 4 aliphatic carbocycles. The molecule has 4 saturated carbocycles. The molecule has 0 aliphatic heterocycles. The summed E-state index contributed by atoms with van der Waals surface area (Å²) in [5.74, 6) is 3.86. The topological polar surface area (TPSA) is 43.4 Å². The summed E-state index contributed by atoms with van der Waals surface area (Å²) in [4.78, 5) is 24.7. The van der Waals surface area contributed by atoms with Crippen LogP contribution in [0.25, 0.3) is 0 Å². The van der Waals surface area contributed by atoms with Crippen molar-refractivity contribution in [3.05, 3.63) is 0 Å². The molecule has 134 valence electrons. The molecule has 0 radical (unpaired) electrons. The van der Waals surface area contributed by atoms with E-state index in [1.165, 1.54) is 6.42 Å². The molecule has 3 heteroatoms. The van der Waals surface area contributed by atoms with E-state index in [1.54, 1.807) is 7.11 Å². The van der Waals surface area contributed by atoms with Gasteiger partial charge in [0, 0.05) is 38.4 Å². The van der Waals surface area contributed by atoms with Crippen LogP contribution in [0.1, 0.15) is 65.2 Å². The fraction of sp³-hybridized carbons (Fsp3) is 0.905. The molecule has 3 nitrogen and oxygen atoms in total. The molecule has 0 N–H and O–H groups in total. The molecule has 0 heterocycles. The summed E-state index contributed by atoms with van der Waals surface area (Å²) in [6.07, 6.45) is 7.83. The van der Waals surface area contributed by atoms with Gasteiger partial charge >= 0.3 is 0 Å². The summed E-state index contributed by atoms with van der Waals surface area (Å²) >= 11 is 0. The number of methoxy groups -OCH3 is 1. The first-order valence-electron chi connectivity index (χ1n) is 9.94. The first kappa shape index (κ1) is 16.8. The summed E-state index contributed by atoms with van der Waals surface area (Å²) in [6, 6.07) is 0. The van der Waals surface area contributed by atoms with Gasteiger partial charge in [-0.3, -0.25) is 9.59 Å². The molecule has 0 saturated heterocycles. The SMILES string of the molecule is COCC1CC2CC(=O)CC[C@]2(C)[C@@H]2CC[C@]3(C)C(=O)CC[C@H]3[C@H]12. The van der Waals surface area contributed by atoms with Gasteiger partial charge in [0.1, 0.15) is 11.6 Å². The van der Waals surface area contributed by atoms with E-state index in [2.05, 4.69) is 13.8 Å². The number of Topliss-reactive ketones (excluding diaryl/α,β-unsaturated/α-hetero) is 2. The van der Waals surface area contributed by atoms with Gasteiger partial charge in [0.25, 0.3) is 0 Å². The molecule has 0 aromatic heterocycles. The van der Waals surface area contributed by atoms with Crippen LogP contribution in [0.4, 0.5) is 0 Å². The molecule has 4 rings (SSSR count). The third-order valence-corrected chi connectivity index (χ3v) is 8.75. The first-order chi connectivity index (χ1) is 11.4. The van der Waals surface area contributed by atoms with Gasteiger partial charge in [0.15, 0.2) is 0 Å². The Morgan fingerprint density at radius 1 is 1.08 bits per heavy atom. The third-order valence-electron chi connectivity index (χ3n) is 8.75. The van der Waals surface area contributed by atoms with Gasteiger partial charge in [0.05, 0.1) is 0 Å². The van der Waals surface area contributed by atoms with E-state index in [0.717, 1.165) is 51.6 Å². The number of carbonyl (C=O) groups is 2. The van der Waals surface area contributed by atoms with Crippen molar-refractivity contribution in [1.29, 1.82) is 0 Å². The molecule has 24 heavy (non-hydrogen) atoms. The van der Waals surface area contributed by atoms with E-state index in [-0.39, 0.29) is 5.41 Å². The molecule has 0 bridgehead atoms. The van der Waals surface area contributed by atoms with Crippen LogP contribution >= 0.6 is 0 Å². The van der Waals surface area contributed by atoms with Gasteiger partial charge in [0.2, 0.25) is 0 Å². The van der Waals surface area contributed by atoms with Crippen molar-refractivity contribution in [1.82, 2.24) is 0 Å². The third kappa shape index (κ3) is 2.19. The number of hydrogen-bond donors (Lipinski definition) is 0. The Morgan fingerprint density at radius 3 is 2.62 bits per heavy atom. The predicted molar refractivity (Wildman–Crippen MR) is 92.5 cm³/mol. The highest BCUT2D eigenvalue weighted by atomic mass is 16.5. The second kappa shape index (κ2) is 5.65. The fourth-order valence-electron chi connectivity index (χ4n) is 7.37. The zero-order valence-electron chi connectivity index (χ0n) is 15.5. The quantitative estimate of drug-likeness (QED) is 0.766. The maximum Gasteiger partial charge on any atom is 0.139 e. The van der Waals surface area contributed by atoms with Crippen molar-refractivity contribution >= 4 is 11.6 Å². The fourth-order valence-corrected chi connectivity index (χ4v) is 7.37. The van der Waals surface area contributed by atoms with Crippen LogP contribution in [0.5, 0.6) is 0 Å². The average Bonchev–Trinajstić information content (AvgIpc) is 2.85. The Kier molecular flexibility index (Phi) is 3.95. The van der Waals surface area contributed by atoms with E-state index in [1.807, 2.05) is 0 Å². The first-order valence-corrected chi connectivity index (χ1v) is 9.94. The highest BCUT2D eigenvalue weighted by Crippen LogP contribution is 2.66. The van der Waals surface area contributed by atoms with Gasteiger partial charge in [-0.25, -0.2) is 0 Å². The lowest BCUT2D eigenvalue weighted by Gasteiger charge is -2.61. The molecule has 2 unspecified atom stereocenters. The Balaban J connectivity index is 1.71. The van der Waals surface area contributed by atoms with Crippen molar-refractivity contribution in [3.8, 4) is 0 Å². The normalized spacial score (nSPS) is 51.0. The maximum atomic E-state index is 12.6. The number of ether oxygens (including phenoxy) is 1. The van der Waals surface area contributed by atoms with E-state index < -0.39 is 0 Å². The summed E-state index contributed by atoms with van der Waals surface area (Å²) in [5.41, 5.74) is 0.219. The highest BCUT2D eigenvalue weighted by molar-refractivity contribution is 5.87. The molecule has 0 aromatic carbocycles. The number of ketones is 2. The Labute approximate surface area is 145 Å². The molecular weight excluding hydrogens is 300 g/mol. The van der Waals surface area contributed by atoms with Crippen molar-refractivity contribution in [2.75, 3.05) is 13.7 Å². The van der Waals surface area contributed by atoms with Gasteiger partial charge in [-0.15, -0.1) is 0 Å². The average molecular weight is 332 g/mol. The lowest BCUT2D eigenvalue weighted by atomic mass is 9.43. The van der Waals surface area contributed by atoms with Crippen LogP contribution in [0.3, 0.4) is 0 Å². The predicted octanol–water partition coefficient (Wildman–Crippen LogP) is 4.04. The Morgan fingerprint density at radius 2 is 1.88 bits per heavy atom. The molecule has 7 atom stereocenters. The van der Waals surface area contributed by atoms with E-state index in [9.17, 15) is 9.59 Å². The highest BCUT2D eigenvalue weighted by Gasteiger charge is 2.62. The standard InChI is InChI=1S/C21H32O3/c1-20-8-6-15(22)11-14(20)10-13(12-24-3)19-16-4-5-18(23)21(16,2)9-7-17(19)20/h13-14,16-17,19H,4-12H2,1-3H3/t13?,14?,16-,17+,19-,20-,21-/m0/s1. The largest absolute Gasteiger partial charge is 0.384 e. The zero-order chi connectivity index (χ0) is 17.1. The Hall–Kier alpha value is -0.700. The number of carbonyl (C=O) groups excluding carboxylic acids is 2. The lowest BCUT2D eigenvalue weighted by Crippen LogP contribution is -2.57. The van der Waals surface area contributed by atoms with Crippen molar-refractivity contribution in [2.45, 2.75) is 65.2 Å². The lowest BCUT2D eigenvalue weighted by molar-refractivity contribution is -0.158. The van der Waals surface area contributed by atoms with E-state index in [0.29, 0.717) is 46.6 Å². The summed E-state index contributed by atoms with van der Waals surface area (Å²) < 4.78 is 5.61. The Bertz CT molecular complexity index is 555. The van der Waals surface area contributed by atoms with Gasteiger partial charge in [-0.2, -0.15) is 0 Å². The van der Waals surface area contributed by atoms with Crippen LogP contribution in [0.2, 0.25) is 0 Å². The molecule has 4 aliphatic rings. The van der Waals surface area contributed by atoms with Gasteiger partial charge < -0.3 is 4.74 Å². The summed E-state index contributed by atoms with van der Waals surface area (Å²) in [5, 5.41) is 0. The van der Waals surface area contributed by atoms with Gasteiger partial charge in [-0.1, -0.05) is 13.8 Å². The van der Waals surface area contributed by atoms with E-state index in [4.69, 9.17) is 4.74 Å². The number of rotatable bonds is 2. The number of hydrogen-bond acceptors (Lipinski definition) is 3. The minimum absolute atomic E-state index is 0.0825. The monoisotopic (exact) mass is 332 g/mol. The minimum Gasteiger partial charge on any atom is -0.384 e. The summed E-state index contributed by atoms with van der Waals surface area (Å²) in [7, 11) is 1.80. The van der Waals surface area contributed by atoms with E-state index >= 15 is 0 Å². The van der Waals surface area contributed by atoms with Crippen LogP contribution in [0, 0.1) is 40.4 Å². The van der Waals surface area contributed by atoms with Crippen molar-refractivity contribution in [2.24, 2.45) is 40.4 Å². The summed E-state index contributed by atoms with van der Waals surface area (Å²) in [6.45, 7) is 5.50. The second-order valence-electron chi connectivity index (χ2n) is 9.60. The van der Waals surface area contributed by atoms with Crippen molar-refractivity contribution in [3.63, 3.8) is 0 Å². The molecule has 0 amide bonds. The minimum atomic E-state index is -0.0825. The van der Waals surface area contributed by atoms with Crippen LogP contribution in [-0.2, 0) is 14.3 Å². The number of fused-ring (bicyclic) bond motifs is 5. The maximum absolute atomic E-state index is 12.6. The smallest absolute Gasteiger partial charge is 0.139 e. The molecule has 4 fully saturated rings. The zero-order valence-corrected chi connectivity index (χ0v) is 15.5.